The van der Waals surface area contributed by atoms with Gasteiger partial charge in [-0.2, -0.15) is 0 Å². The van der Waals surface area contributed by atoms with Crippen LogP contribution in [0, 0.1) is 11.8 Å². The minimum Gasteiger partial charge on any atom is -0.487 e. The minimum atomic E-state index is 0.0265. The van der Waals surface area contributed by atoms with Crippen molar-refractivity contribution in [1.82, 2.24) is 20.0 Å². The normalized spacial score (nSPS) is 18.1. The number of urea groups is 1. The first-order valence-electron chi connectivity index (χ1n) is 11.5. The summed E-state index contributed by atoms with van der Waals surface area (Å²) >= 11 is 2.24. The summed E-state index contributed by atoms with van der Waals surface area (Å²) in [6.07, 6.45) is 4.22. The van der Waals surface area contributed by atoms with Gasteiger partial charge in [0.15, 0.2) is 0 Å². The van der Waals surface area contributed by atoms with Crippen LogP contribution in [0.1, 0.15) is 12.5 Å². The third-order valence-corrected chi connectivity index (χ3v) is 7.16. The number of benzene rings is 2. The number of likely N-dealkylation sites (tertiary alicyclic amines) is 1. The molecular weight excluding hydrogens is 574 g/mol. The number of nitrogens with one attached hydrogen (secondary N) is 1. The van der Waals surface area contributed by atoms with E-state index in [1.807, 2.05) is 24.5 Å². The van der Waals surface area contributed by atoms with Crippen molar-refractivity contribution in [3.63, 3.8) is 0 Å². The maximum Gasteiger partial charge on any atom is 0.319 e. The zero-order chi connectivity index (χ0) is 24.8. The minimum absolute atomic E-state index is 0.0265. The van der Waals surface area contributed by atoms with Gasteiger partial charge in [0.2, 0.25) is 0 Å². The Hall–Kier alpha value is -2.47. The van der Waals surface area contributed by atoms with Crippen LogP contribution in [-0.4, -0.2) is 72.8 Å². The summed E-state index contributed by atoms with van der Waals surface area (Å²) in [7, 11) is 3.52. The molecule has 1 N–H and O–H groups in total. The maximum absolute atomic E-state index is 11.9. The molecule has 9 heteroatoms. The standard InChI is InChI=1S/C26H30IN4O3P/c1-19(34-35-27)25-28-14-16-30(25)15-4-5-20-6-8-21(9-7-20)22-10-12-23(13-11-22)33-24-17-31(18-24)26(32)29(2)3/h6-14,16,19,24-25,28,35H,15,17-18H2,1-3H3. The van der Waals surface area contributed by atoms with Gasteiger partial charge in [-0.1, -0.05) is 36.1 Å². The number of halogens is 1. The van der Waals surface area contributed by atoms with Gasteiger partial charge in [0, 0.05) is 32.1 Å². The third-order valence-electron chi connectivity index (χ3n) is 5.94. The van der Waals surface area contributed by atoms with Gasteiger partial charge < -0.3 is 29.3 Å². The lowest BCUT2D eigenvalue weighted by atomic mass is 10.0. The van der Waals surface area contributed by atoms with E-state index in [4.69, 9.17) is 9.26 Å². The molecule has 1 fully saturated rings. The van der Waals surface area contributed by atoms with Crippen molar-refractivity contribution in [3.05, 3.63) is 66.5 Å². The second-order valence-corrected chi connectivity index (χ2v) is 10.4. The molecule has 2 aromatic carbocycles. The van der Waals surface area contributed by atoms with E-state index in [9.17, 15) is 4.79 Å². The van der Waals surface area contributed by atoms with E-state index in [1.165, 1.54) is 0 Å². The second-order valence-electron chi connectivity index (χ2n) is 8.73. The van der Waals surface area contributed by atoms with E-state index in [-0.39, 0.29) is 24.4 Å². The molecule has 35 heavy (non-hydrogen) atoms. The molecule has 0 radical (unpaired) electrons. The predicted octanol–water partition coefficient (Wildman–Crippen LogP) is 4.50. The number of carbonyl (C=O) groups excluding carboxylic acids is 1. The van der Waals surface area contributed by atoms with Crippen molar-refractivity contribution in [2.75, 3.05) is 33.7 Å². The molecule has 2 amide bonds. The summed E-state index contributed by atoms with van der Waals surface area (Å²) in [6.45, 7) is 4.39. The number of amides is 2. The van der Waals surface area contributed by atoms with Crippen LogP contribution in [0.5, 0.6) is 5.75 Å². The van der Waals surface area contributed by atoms with Crippen molar-refractivity contribution < 1.29 is 14.1 Å². The summed E-state index contributed by atoms with van der Waals surface area (Å²) in [4.78, 5) is 17.4. The van der Waals surface area contributed by atoms with Gasteiger partial charge in [-0.25, -0.2) is 4.79 Å². The molecule has 0 bridgehead atoms. The lowest BCUT2D eigenvalue weighted by molar-refractivity contribution is 0.0356. The highest BCUT2D eigenvalue weighted by atomic mass is 127. The molecule has 7 nitrogen and oxygen atoms in total. The Labute approximate surface area is 222 Å². The maximum atomic E-state index is 11.9. The Morgan fingerprint density at radius 2 is 1.83 bits per heavy atom. The van der Waals surface area contributed by atoms with Crippen LogP contribution in [0.3, 0.4) is 0 Å². The molecule has 4 rings (SSSR count). The van der Waals surface area contributed by atoms with Crippen LogP contribution in [-0.2, 0) is 4.52 Å². The Morgan fingerprint density at radius 1 is 1.17 bits per heavy atom. The fourth-order valence-corrected chi connectivity index (χ4v) is 5.44. The Balaban J connectivity index is 1.28. The highest BCUT2D eigenvalue weighted by Crippen LogP contribution is 2.27. The number of hydrogen-bond donors (Lipinski definition) is 1. The highest BCUT2D eigenvalue weighted by Gasteiger charge is 2.33. The van der Waals surface area contributed by atoms with E-state index >= 15 is 0 Å². The zero-order valence-corrected chi connectivity index (χ0v) is 23.2. The van der Waals surface area contributed by atoms with Crippen molar-refractivity contribution in [1.29, 1.82) is 0 Å². The number of ether oxygens (including phenoxy) is 1. The summed E-state index contributed by atoms with van der Waals surface area (Å²) in [5.74, 6) is 7.35. The van der Waals surface area contributed by atoms with E-state index in [0.717, 1.165) is 22.4 Å². The first-order valence-corrected chi connectivity index (χ1v) is 15.5. The van der Waals surface area contributed by atoms with Gasteiger partial charge in [-0.05, 0) is 64.4 Å². The van der Waals surface area contributed by atoms with E-state index in [1.54, 1.807) is 23.9 Å². The molecule has 0 saturated carbocycles. The molecule has 2 heterocycles. The molecular formula is C26H30IN4O3P. The van der Waals surface area contributed by atoms with Gasteiger partial charge in [-0.3, -0.25) is 0 Å². The zero-order valence-electron chi connectivity index (χ0n) is 20.1. The number of nitrogens with zero attached hydrogens (tertiary/aromatic N) is 3. The van der Waals surface area contributed by atoms with Gasteiger partial charge in [0.1, 0.15) is 18.0 Å². The molecule has 0 aromatic heterocycles. The van der Waals surface area contributed by atoms with Crippen LogP contribution in [0.4, 0.5) is 4.79 Å². The molecule has 2 aromatic rings. The molecule has 2 aliphatic rings. The third kappa shape index (κ3) is 6.60. The van der Waals surface area contributed by atoms with Gasteiger partial charge in [0.25, 0.3) is 0 Å². The van der Waals surface area contributed by atoms with Crippen LogP contribution in [0.2, 0.25) is 0 Å². The van der Waals surface area contributed by atoms with Crippen LogP contribution in [0.15, 0.2) is 60.9 Å². The summed E-state index contributed by atoms with van der Waals surface area (Å²) in [5.41, 5.74) is 3.24. The average Bonchev–Trinajstić information content (AvgIpc) is 3.30. The molecule has 0 aliphatic carbocycles. The Kier molecular flexibility index (Phi) is 8.77. The number of hydrogen-bond acceptors (Lipinski definition) is 5. The summed E-state index contributed by atoms with van der Waals surface area (Å²) < 4.78 is 11.7. The number of rotatable bonds is 7. The fraction of sp³-hybridized carbons (Fsp3) is 0.346. The second kappa shape index (κ2) is 12.0. The van der Waals surface area contributed by atoms with Gasteiger partial charge in [0.05, 0.1) is 32.2 Å². The topological polar surface area (TPSA) is 57.3 Å². The monoisotopic (exact) mass is 604 g/mol. The Morgan fingerprint density at radius 3 is 2.46 bits per heavy atom. The summed E-state index contributed by atoms with van der Waals surface area (Å²) in [6, 6.07) is 16.4. The molecule has 0 spiro atoms. The molecule has 3 atom stereocenters. The van der Waals surface area contributed by atoms with Crippen LogP contribution >= 0.6 is 28.5 Å². The lowest BCUT2D eigenvalue weighted by Crippen LogP contribution is -2.58. The lowest BCUT2D eigenvalue weighted by Gasteiger charge is -2.40. The smallest absolute Gasteiger partial charge is 0.319 e. The van der Waals surface area contributed by atoms with Crippen molar-refractivity contribution in [3.8, 4) is 28.7 Å². The van der Waals surface area contributed by atoms with E-state index in [2.05, 4.69) is 87.4 Å². The van der Waals surface area contributed by atoms with Crippen molar-refractivity contribution in [2.24, 2.45) is 0 Å². The molecule has 2 aliphatic heterocycles. The quantitative estimate of drug-likeness (QED) is 0.287. The van der Waals surface area contributed by atoms with Crippen LogP contribution < -0.4 is 10.1 Å². The van der Waals surface area contributed by atoms with E-state index < -0.39 is 0 Å². The van der Waals surface area contributed by atoms with Gasteiger partial charge in [-0.15, -0.1) is 0 Å². The Bertz CT molecular complexity index is 1090. The molecule has 1 saturated heterocycles. The molecule has 184 valence electrons. The van der Waals surface area contributed by atoms with Crippen LogP contribution in [0.25, 0.3) is 11.1 Å². The number of carbonyl (C=O) groups is 1. The largest absolute Gasteiger partial charge is 0.487 e. The SMILES string of the molecule is CC(OPI)C1NC=CN1CC#Cc1ccc(-c2ccc(OC3CN(C(=O)N(C)C)C3)cc2)cc1. The summed E-state index contributed by atoms with van der Waals surface area (Å²) in [5, 5.41) is 3.32. The van der Waals surface area contributed by atoms with Gasteiger partial charge >= 0.3 is 6.03 Å². The highest BCUT2D eigenvalue weighted by molar-refractivity contribution is 14.2. The predicted molar refractivity (Wildman–Crippen MR) is 149 cm³/mol. The fourth-order valence-electron chi connectivity index (χ4n) is 3.97. The van der Waals surface area contributed by atoms with Crippen molar-refractivity contribution in [2.45, 2.75) is 25.3 Å². The molecule has 3 unspecified atom stereocenters. The first kappa shape index (κ1) is 25.6. The van der Waals surface area contributed by atoms with E-state index in [0.29, 0.717) is 26.1 Å². The first-order chi connectivity index (χ1) is 16.9. The van der Waals surface area contributed by atoms with Crippen molar-refractivity contribution >= 4 is 34.5 Å². The average molecular weight is 604 g/mol.